The van der Waals surface area contributed by atoms with Crippen molar-refractivity contribution in [3.05, 3.63) is 34.0 Å². The van der Waals surface area contributed by atoms with E-state index in [1.165, 1.54) is 10.4 Å². The molecular formula is C13H20N4S. The molecule has 2 heterocycles. The van der Waals surface area contributed by atoms with Gasteiger partial charge in [0.05, 0.1) is 0 Å². The van der Waals surface area contributed by atoms with E-state index in [0.717, 1.165) is 25.2 Å². The number of nitrogens with zero attached hydrogens (tertiary/aromatic N) is 3. The van der Waals surface area contributed by atoms with Crippen LogP contribution in [0.15, 0.2) is 17.8 Å². The van der Waals surface area contributed by atoms with E-state index in [9.17, 15) is 0 Å². The van der Waals surface area contributed by atoms with Gasteiger partial charge in [0, 0.05) is 23.9 Å². The standard InChI is InChI=1S/C13H20N4S/c1-4-10-6-7-18-13(10)11(14-3)8-12-15-9-16-17(12)5-2/h6-7,9,11,14H,4-5,8H2,1-3H3. The summed E-state index contributed by atoms with van der Waals surface area (Å²) in [7, 11) is 2.01. The number of hydrogen-bond acceptors (Lipinski definition) is 4. The molecule has 0 radical (unpaired) electrons. The van der Waals surface area contributed by atoms with E-state index < -0.39 is 0 Å². The third-order valence-electron chi connectivity index (χ3n) is 3.21. The fourth-order valence-electron chi connectivity index (χ4n) is 2.16. The molecule has 18 heavy (non-hydrogen) atoms. The van der Waals surface area contributed by atoms with Crippen LogP contribution in [0.1, 0.15) is 36.2 Å². The molecule has 0 aliphatic carbocycles. The molecule has 1 atom stereocenters. The zero-order chi connectivity index (χ0) is 13.0. The van der Waals surface area contributed by atoms with Gasteiger partial charge in [-0.15, -0.1) is 11.3 Å². The van der Waals surface area contributed by atoms with Gasteiger partial charge in [-0.1, -0.05) is 6.92 Å². The van der Waals surface area contributed by atoms with E-state index in [4.69, 9.17) is 0 Å². The van der Waals surface area contributed by atoms with Crippen molar-refractivity contribution in [2.24, 2.45) is 0 Å². The van der Waals surface area contributed by atoms with Crippen molar-refractivity contribution in [3.63, 3.8) is 0 Å². The molecular weight excluding hydrogens is 244 g/mol. The second-order valence-electron chi connectivity index (χ2n) is 4.20. The number of likely N-dealkylation sites (N-methyl/N-ethyl adjacent to an activating group) is 1. The molecule has 0 fully saturated rings. The summed E-state index contributed by atoms with van der Waals surface area (Å²) in [6, 6.07) is 2.55. The van der Waals surface area contributed by atoms with E-state index in [-0.39, 0.29) is 0 Å². The third-order valence-corrected chi connectivity index (χ3v) is 4.28. The molecule has 2 rings (SSSR count). The van der Waals surface area contributed by atoms with Gasteiger partial charge in [-0.25, -0.2) is 4.98 Å². The van der Waals surface area contributed by atoms with Crippen molar-refractivity contribution in [2.75, 3.05) is 7.05 Å². The Kier molecular flexibility index (Phi) is 4.49. The van der Waals surface area contributed by atoms with Crippen LogP contribution < -0.4 is 5.32 Å². The van der Waals surface area contributed by atoms with Crippen molar-refractivity contribution in [1.82, 2.24) is 20.1 Å². The van der Waals surface area contributed by atoms with Crippen LogP contribution >= 0.6 is 11.3 Å². The molecule has 0 aliphatic heterocycles. The van der Waals surface area contributed by atoms with E-state index in [1.54, 1.807) is 6.33 Å². The Labute approximate surface area is 112 Å². The first-order valence-corrected chi connectivity index (χ1v) is 7.28. The minimum absolute atomic E-state index is 0.328. The third kappa shape index (κ3) is 2.62. The first kappa shape index (κ1) is 13.2. The highest BCUT2D eigenvalue weighted by molar-refractivity contribution is 7.10. The average Bonchev–Trinajstić information content (AvgIpc) is 3.03. The van der Waals surface area contributed by atoms with Gasteiger partial charge in [0.2, 0.25) is 0 Å². The predicted octanol–water partition coefficient (Wildman–Crippen LogP) is 2.43. The van der Waals surface area contributed by atoms with Crippen LogP contribution in [0.25, 0.3) is 0 Å². The van der Waals surface area contributed by atoms with E-state index >= 15 is 0 Å². The smallest absolute Gasteiger partial charge is 0.138 e. The van der Waals surface area contributed by atoms with Gasteiger partial charge in [0.1, 0.15) is 12.2 Å². The second kappa shape index (κ2) is 6.11. The number of rotatable bonds is 6. The first-order chi connectivity index (χ1) is 8.80. The predicted molar refractivity (Wildman–Crippen MR) is 74.9 cm³/mol. The number of thiophene rings is 1. The highest BCUT2D eigenvalue weighted by Crippen LogP contribution is 2.27. The lowest BCUT2D eigenvalue weighted by Crippen LogP contribution is -2.21. The zero-order valence-electron chi connectivity index (χ0n) is 11.2. The number of nitrogens with one attached hydrogen (secondary N) is 1. The number of aromatic nitrogens is 3. The molecule has 0 amide bonds. The summed E-state index contributed by atoms with van der Waals surface area (Å²) >= 11 is 1.82. The Bertz CT molecular complexity index is 489. The van der Waals surface area contributed by atoms with Gasteiger partial charge in [0.15, 0.2) is 0 Å². The number of aryl methyl sites for hydroxylation is 2. The molecule has 5 heteroatoms. The maximum atomic E-state index is 4.36. The van der Waals surface area contributed by atoms with Crippen LogP contribution in [-0.4, -0.2) is 21.8 Å². The Hall–Kier alpha value is -1.20. The van der Waals surface area contributed by atoms with Crippen LogP contribution in [0.3, 0.4) is 0 Å². The van der Waals surface area contributed by atoms with Gasteiger partial charge in [-0.05, 0) is 37.4 Å². The summed E-state index contributed by atoms with van der Waals surface area (Å²) < 4.78 is 1.96. The highest BCUT2D eigenvalue weighted by Gasteiger charge is 2.17. The highest BCUT2D eigenvalue weighted by atomic mass is 32.1. The van der Waals surface area contributed by atoms with Crippen LogP contribution in [0.5, 0.6) is 0 Å². The van der Waals surface area contributed by atoms with Crippen LogP contribution in [0.2, 0.25) is 0 Å². The Morgan fingerprint density at radius 2 is 2.28 bits per heavy atom. The molecule has 0 spiro atoms. The molecule has 1 unspecified atom stereocenters. The van der Waals surface area contributed by atoms with Gasteiger partial charge >= 0.3 is 0 Å². The quantitative estimate of drug-likeness (QED) is 0.871. The molecule has 0 saturated heterocycles. The molecule has 2 aromatic rings. The summed E-state index contributed by atoms with van der Waals surface area (Å²) in [5.74, 6) is 1.05. The van der Waals surface area contributed by atoms with Crippen molar-refractivity contribution >= 4 is 11.3 Å². The molecule has 2 aromatic heterocycles. The maximum Gasteiger partial charge on any atom is 0.138 e. The molecule has 4 nitrogen and oxygen atoms in total. The lowest BCUT2D eigenvalue weighted by molar-refractivity contribution is 0.537. The second-order valence-corrected chi connectivity index (χ2v) is 5.15. The Morgan fingerprint density at radius 3 is 2.94 bits per heavy atom. The summed E-state index contributed by atoms with van der Waals surface area (Å²) in [4.78, 5) is 5.78. The topological polar surface area (TPSA) is 42.7 Å². The number of hydrogen-bond donors (Lipinski definition) is 1. The minimum Gasteiger partial charge on any atom is -0.312 e. The molecule has 0 aromatic carbocycles. The van der Waals surface area contributed by atoms with E-state index in [0.29, 0.717) is 6.04 Å². The van der Waals surface area contributed by atoms with Crippen LogP contribution in [0, 0.1) is 0 Å². The maximum absolute atomic E-state index is 4.36. The van der Waals surface area contributed by atoms with E-state index in [2.05, 4.69) is 40.7 Å². The molecule has 0 saturated carbocycles. The summed E-state index contributed by atoms with van der Waals surface area (Å²) in [5, 5.41) is 9.79. The molecule has 1 N–H and O–H groups in total. The lowest BCUT2D eigenvalue weighted by atomic mass is 10.1. The zero-order valence-corrected chi connectivity index (χ0v) is 12.0. The minimum atomic E-state index is 0.328. The SMILES string of the molecule is CCc1ccsc1C(Cc1ncnn1CC)NC. The van der Waals surface area contributed by atoms with Gasteiger partial charge in [-0.2, -0.15) is 5.10 Å². The average molecular weight is 264 g/mol. The largest absolute Gasteiger partial charge is 0.312 e. The van der Waals surface area contributed by atoms with Crippen LogP contribution in [-0.2, 0) is 19.4 Å². The van der Waals surface area contributed by atoms with Crippen molar-refractivity contribution in [2.45, 2.75) is 39.3 Å². The fraction of sp³-hybridized carbons (Fsp3) is 0.538. The van der Waals surface area contributed by atoms with Crippen molar-refractivity contribution < 1.29 is 0 Å². The van der Waals surface area contributed by atoms with Gasteiger partial charge < -0.3 is 5.32 Å². The van der Waals surface area contributed by atoms with Crippen molar-refractivity contribution in [1.29, 1.82) is 0 Å². The fourth-order valence-corrected chi connectivity index (χ4v) is 3.27. The normalized spacial score (nSPS) is 12.8. The molecule has 98 valence electrons. The molecule has 0 aliphatic rings. The van der Waals surface area contributed by atoms with Crippen molar-refractivity contribution in [3.8, 4) is 0 Å². The summed E-state index contributed by atoms with van der Waals surface area (Å²) in [5.41, 5.74) is 1.43. The van der Waals surface area contributed by atoms with Crippen LogP contribution in [0.4, 0.5) is 0 Å². The summed E-state index contributed by atoms with van der Waals surface area (Å²) in [6.07, 6.45) is 3.61. The first-order valence-electron chi connectivity index (χ1n) is 6.40. The van der Waals surface area contributed by atoms with Gasteiger partial charge in [-0.3, -0.25) is 4.68 Å². The molecule has 0 bridgehead atoms. The monoisotopic (exact) mass is 264 g/mol. The Morgan fingerprint density at radius 1 is 1.44 bits per heavy atom. The summed E-state index contributed by atoms with van der Waals surface area (Å²) in [6.45, 7) is 5.17. The van der Waals surface area contributed by atoms with E-state index in [1.807, 2.05) is 23.1 Å². The Balaban J connectivity index is 2.20. The van der Waals surface area contributed by atoms with Gasteiger partial charge in [0.25, 0.3) is 0 Å². The lowest BCUT2D eigenvalue weighted by Gasteiger charge is -2.16.